The molecule has 0 unspecified atom stereocenters. The largest absolute Gasteiger partial charge is 1.00 e. The molecule has 6 aromatic rings. The molecule has 234 valence electrons. The second-order valence-electron chi connectivity index (χ2n) is 11.9. The molecule has 0 fully saturated rings. The Kier molecular flexibility index (Phi) is 15.8. The van der Waals surface area contributed by atoms with Gasteiger partial charge in [-0.3, -0.25) is 0 Å². The van der Waals surface area contributed by atoms with Gasteiger partial charge in [0.15, 0.2) is 0 Å². The molecule has 4 heteroatoms. The fourth-order valence-corrected chi connectivity index (χ4v) is 6.40. The van der Waals surface area contributed by atoms with Crippen LogP contribution < -0.4 is 24.8 Å². The molecule has 0 bridgehead atoms. The van der Waals surface area contributed by atoms with Crippen molar-refractivity contribution in [2.24, 2.45) is 0 Å². The van der Waals surface area contributed by atoms with Crippen molar-refractivity contribution in [2.75, 3.05) is 0 Å². The van der Waals surface area contributed by atoms with Crippen molar-refractivity contribution >= 4 is 27.0 Å². The van der Waals surface area contributed by atoms with Crippen molar-refractivity contribution in [3.05, 3.63) is 130 Å². The van der Waals surface area contributed by atoms with Gasteiger partial charge in [-0.05, 0) is 45.2 Å². The summed E-state index contributed by atoms with van der Waals surface area (Å²) in [5.41, 5.74) is 13.6. The van der Waals surface area contributed by atoms with Crippen molar-refractivity contribution in [3.8, 4) is 22.3 Å². The van der Waals surface area contributed by atoms with E-state index in [1.165, 1.54) is 89.3 Å². The van der Waals surface area contributed by atoms with E-state index in [2.05, 4.69) is 152 Å². The van der Waals surface area contributed by atoms with Gasteiger partial charge < -0.3 is 24.8 Å². The third kappa shape index (κ3) is 10.4. The Bertz CT molecular complexity index is 1810. The molecule has 0 saturated heterocycles. The number of rotatable bonds is 5. The van der Waals surface area contributed by atoms with Gasteiger partial charge in [-0.1, -0.05) is 95.8 Å². The first-order valence-corrected chi connectivity index (χ1v) is 21.3. The second-order valence-corrected chi connectivity index (χ2v) is 19.8. The molecule has 0 saturated carbocycles. The fraction of sp³-hybridized carbons (Fsp3) is 0.268. The first-order valence-electron chi connectivity index (χ1n) is 15.7. The number of halogens is 2. The summed E-state index contributed by atoms with van der Waals surface area (Å²) in [4.78, 5) is 0. The summed E-state index contributed by atoms with van der Waals surface area (Å²) in [5, 5.41) is 5.43. The van der Waals surface area contributed by atoms with Crippen LogP contribution in [0.25, 0.3) is 43.8 Å². The Morgan fingerprint density at radius 1 is 0.556 bits per heavy atom. The van der Waals surface area contributed by atoms with E-state index >= 15 is 0 Å². The number of hydrogen-bond acceptors (Lipinski definition) is 0. The minimum atomic E-state index is 0. The topological polar surface area (TPSA) is 0 Å². The minimum absolute atomic E-state index is 0. The second kappa shape index (κ2) is 18.2. The molecule has 0 aliphatic carbocycles. The Balaban J connectivity index is 0.000000257. The van der Waals surface area contributed by atoms with Gasteiger partial charge in [0.2, 0.25) is 0 Å². The normalized spacial score (nSPS) is 10.3. The van der Waals surface area contributed by atoms with Gasteiger partial charge in [0.1, 0.15) is 0 Å². The van der Waals surface area contributed by atoms with Crippen molar-refractivity contribution in [3.63, 3.8) is 0 Å². The Labute approximate surface area is 299 Å². The molecule has 6 aromatic carbocycles. The van der Waals surface area contributed by atoms with Gasteiger partial charge in [0.25, 0.3) is 0 Å². The first kappa shape index (κ1) is 39.0. The zero-order valence-electron chi connectivity index (χ0n) is 28.1. The molecule has 0 heterocycles. The van der Waals surface area contributed by atoms with Crippen molar-refractivity contribution < 1.29 is 48.1 Å². The van der Waals surface area contributed by atoms with Crippen LogP contribution in [0.3, 0.4) is 0 Å². The zero-order valence-corrected chi connectivity index (χ0v) is 33.1. The molecule has 45 heavy (non-hydrogen) atoms. The minimum Gasteiger partial charge on any atom is -1.00 e. The summed E-state index contributed by atoms with van der Waals surface area (Å²) in [7, 11) is 0. The molecular weight excluding hydrogens is 683 g/mol. The number of benzene rings is 4. The molecule has 0 spiro atoms. The smallest absolute Gasteiger partial charge is 0.0274 e. The van der Waals surface area contributed by atoms with E-state index in [-0.39, 0.29) is 30.2 Å². The van der Waals surface area contributed by atoms with Crippen LogP contribution in [0.15, 0.2) is 97.1 Å². The van der Waals surface area contributed by atoms with E-state index in [0.717, 1.165) is 6.42 Å². The maximum atomic E-state index is 2.34. The zero-order chi connectivity index (χ0) is 31.1. The van der Waals surface area contributed by atoms with Gasteiger partial charge in [-0.15, -0.1) is 69.1 Å². The van der Waals surface area contributed by atoms with Crippen LogP contribution in [0.5, 0.6) is 0 Å². The van der Waals surface area contributed by atoms with Crippen LogP contribution >= 0.6 is 0 Å². The maximum Gasteiger partial charge on any atom is -0.0274 e. The van der Waals surface area contributed by atoms with Crippen LogP contribution in [-0.2, 0) is 29.8 Å². The summed E-state index contributed by atoms with van der Waals surface area (Å²) in [6.45, 7) is 17.6. The molecule has 0 radical (unpaired) electrons. The first-order chi connectivity index (χ1) is 20.6. The average Bonchev–Trinajstić information content (AvgIpc) is 3.58. The summed E-state index contributed by atoms with van der Waals surface area (Å²) in [5.74, 6) is 0. The third-order valence-corrected chi connectivity index (χ3v) is 15.0. The molecule has 0 aliphatic rings. The van der Waals surface area contributed by atoms with Crippen LogP contribution in [0, 0.1) is 34.6 Å². The van der Waals surface area contributed by atoms with Gasteiger partial charge in [0, 0.05) is 0 Å². The van der Waals surface area contributed by atoms with Gasteiger partial charge >= 0.3 is 54.7 Å². The molecular formula is C41H46Cl2SiZr-2. The molecule has 0 amide bonds. The van der Waals surface area contributed by atoms with Crippen LogP contribution in [0.4, 0.5) is 0 Å². The number of hydrogen-bond donors (Lipinski definition) is 0. The molecule has 6 rings (SSSR count). The van der Waals surface area contributed by atoms with E-state index in [1.807, 2.05) is 0 Å². The predicted molar refractivity (Wildman–Crippen MR) is 190 cm³/mol. The van der Waals surface area contributed by atoms with Gasteiger partial charge in [0.05, 0.1) is 0 Å². The maximum absolute atomic E-state index is 2.34. The summed E-state index contributed by atoms with van der Waals surface area (Å²) in [6.07, 6.45) is 1.10. The van der Waals surface area contributed by atoms with E-state index in [1.54, 1.807) is 23.3 Å². The quantitative estimate of drug-likeness (QED) is 0.148. The van der Waals surface area contributed by atoms with Crippen molar-refractivity contribution in [2.45, 2.75) is 73.9 Å². The van der Waals surface area contributed by atoms with Gasteiger partial charge in [-0.2, -0.15) is 12.1 Å². The number of fused-ring (bicyclic) bond motifs is 2. The average molecular weight is 729 g/mol. The van der Waals surface area contributed by atoms with Crippen LogP contribution in [-0.4, -0.2) is 5.43 Å². The summed E-state index contributed by atoms with van der Waals surface area (Å²) >= 11 is 1.80. The standard InChI is InChI=1S/C19H19.C18H17.C4H10Si.2ClH.Zr/c1-4-15-11-16-6-5-7-18(19(16)12-15)17-9-13(2)8-14(3)10-17;1-12-7-13(2)10-16(9-12)17-6-4-5-15-8-14(3)11-18(15)17;1-3-5-4-2;;;/h5-12H,4H2,1-3H3;4-11H,1-3H3;3-4H2,1-2H3;2*1H;/q2*-1;;;;+2/p-2. The molecule has 0 nitrogen and oxygen atoms in total. The predicted octanol–water partition coefficient (Wildman–Crippen LogP) is 6.13. The number of aryl methyl sites for hydroxylation is 6. The van der Waals surface area contributed by atoms with Crippen molar-refractivity contribution in [1.29, 1.82) is 0 Å². The van der Waals surface area contributed by atoms with E-state index in [0.29, 0.717) is 0 Å². The van der Waals surface area contributed by atoms with E-state index < -0.39 is 0 Å². The van der Waals surface area contributed by atoms with E-state index in [9.17, 15) is 0 Å². The Hall–Kier alpha value is -2.22. The molecule has 0 N–H and O–H groups in total. The monoisotopic (exact) mass is 726 g/mol. The van der Waals surface area contributed by atoms with Crippen molar-refractivity contribution in [1.82, 2.24) is 0 Å². The third-order valence-electron chi connectivity index (χ3n) is 8.03. The SMILES string of the molecule is CC[Si](=[Zr+2])CC.CCc1cc2c(-c3cc(C)cc(C)c3)cccc2[cH-]1.Cc1cc(C)cc(-c2cccc3[cH-]c(C)cc23)c1.[Cl-].[Cl-]. The summed E-state index contributed by atoms with van der Waals surface area (Å²) in [6, 6.07) is 38.8. The fourth-order valence-electron chi connectivity index (χ4n) is 5.90. The van der Waals surface area contributed by atoms with Crippen LogP contribution in [0.1, 0.15) is 54.2 Å². The molecule has 0 aliphatic heterocycles. The Morgan fingerprint density at radius 3 is 1.38 bits per heavy atom. The van der Waals surface area contributed by atoms with E-state index in [4.69, 9.17) is 0 Å². The van der Waals surface area contributed by atoms with Gasteiger partial charge in [-0.25, -0.2) is 0 Å². The molecule has 0 aromatic heterocycles. The molecule has 0 atom stereocenters. The summed E-state index contributed by atoms with van der Waals surface area (Å²) < 4.78 is 0. The Morgan fingerprint density at radius 2 is 0.978 bits per heavy atom. The van der Waals surface area contributed by atoms with Crippen LogP contribution in [0.2, 0.25) is 12.1 Å².